The van der Waals surface area contributed by atoms with Crippen LogP contribution in [0.2, 0.25) is 0 Å². The molecule has 0 saturated heterocycles. The Balaban J connectivity index is 1.48. The molecule has 1 amide bonds. The van der Waals surface area contributed by atoms with Crippen LogP contribution >= 0.6 is 0 Å². The van der Waals surface area contributed by atoms with Crippen LogP contribution in [-0.2, 0) is 16.0 Å². The summed E-state index contributed by atoms with van der Waals surface area (Å²) in [4.78, 5) is 28.0. The Bertz CT molecular complexity index is 1280. The second-order valence-electron chi connectivity index (χ2n) is 7.97. The summed E-state index contributed by atoms with van der Waals surface area (Å²) in [7, 11) is 0. The lowest BCUT2D eigenvalue weighted by molar-refractivity contribution is -0.136. The molecular weight excluding hydrogens is 430 g/mol. The molecule has 7 heteroatoms. The number of hydrogen-bond donors (Lipinski definition) is 2. The third-order valence-corrected chi connectivity index (χ3v) is 5.50. The molecule has 7 nitrogen and oxygen atoms in total. The van der Waals surface area contributed by atoms with Crippen molar-refractivity contribution >= 4 is 17.9 Å². The number of pyridine rings is 1. The number of carboxylic acids is 1. The van der Waals surface area contributed by atoms with Crippen LogP contribution in [0.25, 0.3) is 16.9 Å². The van der Waals surface area contributed by atoms with Crippen molar-refractivity contribution in [2.75, 3.05) is 5.32 Å². The van der Waals surface area contributed by atoms with Crippen molar-refractivity contribution < 1.29 is 19.4 Å². The van der Waals surface area contributed by atoms with Crippen molar-refractivity contribution in [2.45, 2.75) is 26.4 Å². The number of aromatic nitrogens is 2. The van der Waals surface area contributed by atoms with Gasteiger partial charge < -0.3 is 9.84 Å². The normalized spacial score (nSPS) is 11.6. The van der Waals surface area contributed by atoms with Crippen LogP contribution in [-0.4, -0.2) is 26.7 Å². The maximum Gasteiger partial charge on any atom is 0.413 e. The highest BCUT2D eigenvalue weighted by atomic mass is 16.6. The standard InChI is InChI=1S/C27H25N3O4/c1-18-14-15-30(26(18)29-27(33)34-19(2)21-6-4-3-5-7-21)24-13-12-23(17-28-24)22-10-8-20(9-11-22)16-25(31)32/h3-15,17,19H,16H2,1-2H3,(H,29,33)(H,31,32). The van der Waals surface area contributed by atoms with Gasteiger partial charge in [-0.15, -0.1) is 0 Å². The zero-order chi connectivity index (χ0) is 24.1. The zero-order valence-electron chi connectivity index (χ0n) is 18.9. The molecule has 172 valence electrons. The Labute approximate surface area is 197 Å². The number of hydrogen-bond acceptors (Lipinski definition) is 4. The van der Waals surface area contributed by atoms with Crippen molar-refractivity contribution in [2.24, 2.45) is 0 Å². The molecule has 2 N–H and O–H groups in total. The van der Waals surface area contributed by atoms with Gasteiger partial charge in [-0.2, -0.15) is 0 Å². The largest absolute Gasteiger partial charge is 0.481 e. The van der Waals surface area contributed by atoms with Crippen molar-refractivity contribution in [3.63, 3.8) is 0 Å². The molecule has 34 heavy (non-hydrogen) atoms. The minimum Gasteiger partial charge on any atom is -0.481 e. The summed E-state index contributed by atoms with van der Waals surface area (Å²) in [6, 6.07) is 22.6. The fraction of sp³-hybridized carbons (Fsp3) is 0.148. The van der Waals surface area contributed by atoms with Gasteiger partial charge in [0.15, 0.2) is 0 Å². The van der Waals surface area contributed by atoms with Gasteiger partial charge in [-0.1, -0.05) is 54.6 Å². The zero-order valence-corrected chi connectivity index (χ0v) is 18.9. The van der Waals surface area contributed by atoms with E-state index in [2.05, 4.69) is 10.3 Å². The van der Waals surface area contributed by atoms with Crippen LogP contribution in [0.3, 0.4) is 0 Å². The molecule has 0 spiro atoms. The number of carbonyl (C=O) groups excluding carboxylic acids is 1. The fourth-order valence-corrected chi connectivity index (χ4v) is 3.65. The number of amides is 1. The molecule has 0 aliphatic carbocycles. The first kappa shape index (κ1) is 22.8. The van der Waals surface area contributed by atoms with E-state index in [9.17, 15) is 9.59 Å². The molecule has 0 aliphatic heterocycles. The minimum absolute atomic E-state index is 0.00716. The highest BCUT2D eigenvalue weighted by Gasteiger charge is 2.16. The van der Waals surface area contributed by atoms with Crippen LogP contribution < -0.4 is 5.32 Å². The average molecular weight is 456 g/mol. The van der Waals surface area contributed by atoms with Gasteiger partial charge in [-0.3, -0.25) is 14.7 Å². The molecule has 0 aliphatic rings. The van der Waals surface area contributed by atoms with Crippen molar-refractivity contribution in [3.8, 4) is 16.9 Å². The van der Waals surface area contributed by atoms with E-state index in [4.69, 9.17) is 9.84 Å². The van der Waals surface area contributed by atoms with Crippen LogP contribution in [0.5, 0.6) is 0 Å². The van der Waals surface area contributed by atoms with E-state index < -0.39 is 12.1 Å². The first-order valence-corrected chi connectivity index (χ1v) is 10.9. The molecule has 0 radical (unpaired) electrons. The Kier molecular flexibility index (Phi) is 6.73. The second kappa shape index (κ2) is 10.0. The average Bonchev–Trinajstić information content (AvgIpc) is 3.19. The first-order chi connectivity index (χ1) is 16.4. The van der Waals surface area contributed by atoms with Gasteiger partial charge >= 0.3 is 12.1 Å². The smallest absolute Gasteiger partial charge is 0.413 e. The fourth-order valence-electron chi connectivity index (χ4n) is 3.65. The van der Waals surface area contributed by atoms with Crippen molar-refractivity contribution in [3.05, 3.63) is 102 Å². The van der Waals surface area contributed by atoms with Gasteiger partial charge in [0.25, 0.3) is 0 Å². The number of benzene rings is 2. The molecule has 4 aromatic rings. The monoisotopic (exact) mass is 455 g/mol. The number of carbonyl (C=O) groups is 2. The van der Waals surface area contributed by atoms with Gasteiger partial charge in [-0.05, 0) is 54.3 Å². The molecule has 2 aromatic carbocycles. The van der Waals surface area contributed by atoms with Gasteiger partial charge in [0, 0.05) is 18.0 Å². The van der Waals surface area contributed by atoms with E-state index in [1.54, 1.807) is 22.9 Å². The van der Waals surface area contributed by atoms with E-state index in [1.807, 2.05) is 80.7 Å². The van der Waals surface area contributed by atoms with Crippen molar-refractivity contribution in [1.82, 2.24) is 9.55 Å². The number of ether oxygens (including phenoxy) is 1. The van der Waals surface area contributed by atoms with Gasteiger partial charge in [0.1, 0.15) is 17.7 Å². The number of nitrogens with one attached hydrogen (secondary N) is 1. The minimum atomic E-state index is -0.858. The van der Waals surface area contributed by atoms with Crippen LogP contribution in [0.1, 0.15) is 29.7 Å². The summed E-state index contributed by atoms with van der Waals surface area (Å²) < 4.78 is 7.34. The van der Waals surface area contributed by atoms with Crippen molar-refractivity contribution in [1.29, 1.82) is 0 Å². The van der Waals surface area contributed by atoms with Gasteiger partial charge in [0.05, 0.1) is 6.42 Å². The lowest BCUT2D eigenvalue weighted by Gasteiger charge is -2.16. The summed E-state index contributed by atoms with van der Waals surface area (Å²) in [5.41, 5.74) is 4.38. The molecular formula is C27H25N3O4. The molecule has 0 fully saturated rings. The number of carboxylic acid groups (broad SMARTS) is 1. The summed E-state index contributed by atoms with van der Waals surface area (Å²) in [5, 5.41) is 11.8. The SMILES string of the molecule is Cc1ccn(-c2ccc(-c3ccc(CC(=O)O)cc3)cn2)c1NC(=O)OC(C)c1ccccc1. The summed E-state index contributed by atoms with van der Waals surface area (Å²) in [6.07, 6.45) is 2.65. The molecule has 0 bridgehead atoms. The lowest BCUT2D eigenvalue weighted by Crippen LogP contribution is -2.18. The number of aliphatic carboxylic acids is 1. The molecule has 1 atom stereocenters. The van der Waals surface area contributed by atoms with E-state index in [1.165, 1.54) is 0 Å². The first-order valence-electron chi connectivity index (χ1n) is 10.9. The molecule has 1 unspecified atom stereocenters. The quantitative estimate of drug-likeness (QED) is 0.368. The van der Waals surface area contributed by atoms with Gasteiger partial charge in [-0.25, -0.2) is 9.78 Å². The highest BCUT2D eigenvalue weighted by molar-refractivity contribution is 5.85. The third kappa shape index (κ3) is 5.32. The second-order valence-corrected chi connectivity index (χ2v) is 7.97. The predicted molar refractivity (Wildman–Crippen MR) is 130 cm³/mol. The Morgan fingerprint density at radius 2 is 1.71 bits per heavy atom. The van der Waals surface area contributed by atoms with Crippen LogP contribution in [0.15, 0.2) is 85.2 Å². The number of nitrogens with zero attached hydrogens (tertiary/aromatic N) is 2. The lowest BCUT2D eigenvalue weighted by atomic mass is 10.0. The Hall–Kier alpha value is -4.39. The Morgan fingerprint density at radius 1 is 1.00 bits per heavy atom. The Morgan fingerprint density at radius 3 is 2.35 bits per heavy atom. The van der Waals surface area contributed by atoms with E-state index in [-0.39, 0.29) is 12.5 Å². The molecule has 4 rings (SSSR count). The van der Waals surface area contributed by atoms with Gasteiger partial charge in [0.2, 0.25) is 0 Å². The van der Waals surface area contributed by atoms with E-state index >= 15 is 0 Å². The molecule has 0 saturated carbocycles. The molecule has 2 heterocycles. The third-order valence-electron chi connectivity index (χ3n) is 5.50. The number of anilines is 1. The van der Waals surface area contributed by atoms with E-state index in [0.29, 0.717) is 11.6 Å². The number of rotatable bonds is 7. The number of aryl methyl sites for hydroxylation is 1. The van der Waals surface area contributed by atoms with E-state index in [0.717, 1.165) is 27.8 Å². The maximum absolute atomic E-state index is 12.6. The summed E-state index contributed by atoms with van der Waals surface area (Å²) in [6.45, 7) is 3.73. The predicted octanol–water partition coefficient (Wildman–Crippen LogP) is 5.78. The highest BCUT2D eigenvalue weighted by Crippen LogP contribution is 2.25. The van der Waals surface area contributed by atoms with Crippen LogP contribution in [0.4, 0.5) is 10.6 Å². The summed E-state index contributed by atoms with van der Waals surface area (Å²) in [5.74, 6) is 0.373. The topological polar surface area (TPSA) is 93.5 Å². The molecule has 2 aromatic heterocycles. The summed E-state index contributed by atoms with van der Waals surface area (Å²) >= 11 is 0. The van der Waals surface area contributed by atoms with Crippen LogP contribution in [0, 0.1) is 6.92 Å². The maximum atomic E-state index is 12.6.